The van der Waals surface area contributed by atoms with E-state index >= 15 is 0 Å². The van der Waals surface area contributed by atoms with Crippen LogP contribution in [0.2, 0.25) is 0 Å². The van der Waals surface area contributed by atoms with E-state index in [-0.39, 0.29) is 0 Å². The van der Waals surface area contributed by atoms with Gasteiger partial charge in [0.1, 0.15) is 0 Å². The number of rotatable bonds is 1. The Labute approximate surface area is 44.0 Å². The molecule has 1 radical (unpaired) electrons. The molecule has 0 saturated heterocycles. The molecule has 1 heterocycles. The predicted octanol–water partition coefficient (Wildman–Crippen LogP) is 1.17. The molecular formula is C6H9O. The van der Waals surface area contributed by atoms with Crippen molar-refractivity contribution in [1.29, 1.82) is 0 Å². The van der Waals surface area contributed by atoms with Crippen molar-refractivity contribution in [3.63, 3.8) is 0 Å². The maximum Gasteiger partial charge on any atom is 0.0760 e. The van der Waals surface area contributed by atoms with Gasteiger partial charge in [-0.05, 0) is 6.42 Å². The largest absolute Gasteiger partial charge is 0.370 e. The van der Waals surface area contributed by atoms with Crippen LogP contribution in [0.1, 0.15) is 6.42 Å². The van der Waals surface area contributed by atoms with Gasteiger partial charge in [0.15, 0.2) is 0 Å². The van der Waals surface area contributed by atoms with Gasteiger partial charge >= 0.3 is 0 Å². The molecule has 1 unspecified atom stereocenters. The average molecular weight is 97.1 g/mol. The third kappa shape index (κ3) is 1.03. The van der Waals surface area contributed by atoms with E-state index < -0.39 is 0 Å². The Balaban J connectivity index is 2.28. The van der Waals surface area contributed by atoms with Gasteiger partial charge in [-0.1, -0.05) is 19.1 Å². The van der Waals surface area contributed by atoms with E-state index in [0.29, 0.717) is 6.10 Å². The summed E-state index contributed by atoms with van der Waals surface area (Å²) >= 11 is 0. The molecule has 0 bridgehead atoms. The van der Waals surface area contributed by atoms with E-state index in [1.165, 1.54) is 0 Å². The lowest BCUT2D eigenvalue weighted by Crippen LogP contribution is -2.00. The standard InChI is InChI=1S/C6H9O/c1-2-6-4-3-5-7-6/h3-4,6H,1-2,5H2. The van der Waals surface area contributed by atoms with Crippen molar-refractivity contribution in [3.05, 3.63) is 19.1 Å². The Bertz CT molecular complexity index is 76.2. The molecule has 0 fully saturated rings. The molecule has 0 aromatic heterocycles. The molecule has 0 saturated carbocycles. The van der Waals surface area contributed by atoms with Crippen molar-refractivity contribution >= 4 is 0 Å². The van der Waals surface area contributed by atoms with Gasteiger partial charge in [0.25, 0.3) is 0 Å². The molecule has 0 N–H and O–H groups in total. The first kappa shape index (κ1) is 4.85. The SMILES string of the molecule is [CH2]CC1C=CCO1. The Morgan fingerprint density at radius 2 is 2.71 bits per heavy atom. The van der Waals surface area contributed by atoms with Gasteiger partial charge in [-0.15, -0.1) is 0 Å². The topological polar surface area (TPSA) is 9.23 Å². The first-order valence-electron chi connectivity index (χ1n) is 2.51. The molecule has 1 nitrogen and oxygen atoms in total. The van der Waals surface area contributed by atoms with Crippen molar-refractivity contribution in [3.8, 4) is 0 Å². The zero-order chi connectivity index (χ0) is 5.11. The second-order valence-electron chi connectivity index (χ2n) is 1.59. The van der Waals surface area contributed by atoms with E-state index in [0.717, 1.165) is 13.0 Å². The van der Waals surface area contributed by atoms with E-state index in [1.54, 1.807) is 0 Å². The molecular weight excluding hydrogens is 88.1 g/mol. The summed E-state index contributed by atoms with van der Waals surface area (Å²) in [5.41, 5.74) is 0. The lowest BCUT2D eigenvalue weighted by molar-refractivity contribution is 0.130. The fraction of sp³-hybridized carbons (Fsp3) is 0.500. The van der Waals surface area contributed by atoms with Crippen molar-refractivity contribution in [2.75, 3.05) is 6.61 Å². The molecule has 0 aromatic carbocycles. The first-order chi connectivity index (χ1) is 3.43. The molecule has 1 heteroatoms. The molecule has 0 spiro atoms. The summed E-state index contributed by atoms with van der Waals surface area (Å²) in [6, 6.07) is 0. The van der Waals surface area contributed by atoms with Gasteiger partial charge in [-0.2, -0.15) is 0 Å². The number of ether oxygens (including phenoxy) is 1. The lowest BCUT2D eigenvalue weighted by atomic mass is 10.3. The van der Waals surface area contributed by atoms with Crippen molar-refractivity contribution in [1.82, 2.24) is 0 Å². The fourth-order valence-electron chi connectivity index (χ4n) is 0.622. The smallest absolute Gasteiger partial charge is 0.0760 e. The molecule has 1 aliphatic heterocycles. The van der Waals surface area contributed by atoms with Gasteiger partial charge in [0.05, 0.1) is 12.7 Å². The number of hydrogen-bond acceptors (Lipinski definition) is 1. The Morgan fingerprint density at radius 1 is 1.86 bits per heavy atom. The maximum atomic E-state index is 5.13. The quantitative estimate of drug-likeness (QED) is 0.446. The highest BCUT2D eigenvalue weighted by Gasteiger charge is 2.03. The van der Waals surface area contributed by atoms with Gasteiger partial charge in [0, 0.05) is 0 Å². The van der Waals surface area contributed by atoms with Crippen LogP contribution in [0.15, 0.2) is 12.2 Å². The Morgan fingerprint density at radius 3 is 3.00 bits per heavy atom. The molecule has 0 aliphatic carbocycles. The van der Waals surface area contributed by atoms with Crippen LogP contribution in [0.3, 0.4) is 0 Å². The van der Waals surface area contributed by atoms with Crippen molar-refractivity contribution in [2.24, 2.45) is 0 Å². The molecule has 1 aliphatic rings. The molecule has 0 aromatic rings. The highest BCUT2D eigenvalue weighted by Crippen LogP contribution is 2.04. The third-order valence-corrected chi connectivity index (χ3v) is 1.04. The zero-order valence-corrected chi connectivity index (χ0v) is 4.26. The third-order valence-electron chi connectivity index (χ3n) is 1.04. The highest BCUT2D eigenvalue weighted by molar-refractivity contribution is 4.95. The fourth-order valence-corrected chi connectivity index (χ4v) is 0.622. The summed E-state index contributed by atoms with van der Waals surface area (Å²) < 4.78 is 5.13. The normalized spacial score (nSPS) is 29.0. The number of hydrogen-bond donors (Lipinski definition) is 0. The molecule has 1 atom stereocenters. The van der Waals surface area contributed by atoms with Crippen LogP contribution in [0, 0.1) is 6.92 Å². The van der Waals surface area contributed by atoms with Crippen LogP contribution in [-0.4, -0.2) is 12.7 Å². The Kier molecular flexibility index (Phi) is 1.47. The minimum absolute atomic E-state index is 0.306. The van der Waals surface area contributed by atoms with Crippen molar-refractivity contribution in [2.45, 2.75) is 12.5 Å². The highest BCUT2D eigenvalue weighted by atomic mass is 16.5. The summed E-state index contributed by atoms with van der Waals surface area (Å²) in [6.07, 6.45) is 5.24. The molecule has 1 rings (SSSR count). The summed E-state index contributed by atoms with van der Waals surface area (Å²) in [4.78, 5) is 0. The second kappa shape index (κ2) is 2.12. The zero-order valence-electron chi connectivity index (χ0n) is 4.26. The van der Waals surface area contributed by atoms with Crippen LogP contribution in [0.5, 0.6) is 0 Å². The summed E-state index contributed by atoms with van der Waals surface area (Å²) in [5, 5.41) is 0. The van der Waals surface area contributed by atoms with Crippen LogP contribution < -0.4 is 0 Å². The summed E-state index contributed by atoms with van der Waals surface area (Å²) in [7, 11) is 0. The summed E-state index contributed by atoms with van der Waals surface area (Å²) in [6.45, 7) is 4.47. The van der Waals surface area contributed by atoms with E-state index in [2.05, 4.69) is 6.92 Å². The Hall–Kier alpha value is -0.300. The average Bonchev–Trinajstić information content (AvgIpc) is 2.14. The minimum Gasteiger partial charge on any atom is -0.370 e. The monoisotopic (exact) mass is 97.1 g/mol. The second-order valence-corrected chi connectivity index (χ2v) is 1.59. The van der Waals surface area contributed by atoms with Gasteiger partial charge in [-0.3, -0.25) is 0 Å². The lowest BCUT2D eigenvalue weighted by Gasteiger charge is -2.00. The van der Waals surface area contributed by atoms with E-state index in [4.69, 9.17) is 4.74 Å². The van der Waals surface area contributed by atoms with Crippen LogP contribution in [0.4, 0.5) is 0 Å². The molecule has 7 heavy (non-hydrogen) atoms. The summed E-state index contributed by atoms with van der Waals surface area (Å²) in [5.74, 6) is 0. The molecule has 0 amide bonds. The maximum absolute atomic E-state index is 5.13. The van der Waals surface area contributed by atoms with E-state index in [9.17, 15) is 0 Å². The van der Waals surface area contributed by atoms with Gasteiger partial charge in [-0.25, -0.2) is 0 Å². The van der Waals surface area contributed by atoms with Crippen LogP contribution in [-0.2, 0) is 4.74 Å². The van der Waals surface area contributed by atoms with Gasteiger partial charge < -0.3 is 4.74 Å². The predicted molar refractivity (Wildman–Crippen MR) is 28.9 cm³/mol. The van der Waals surface area contributed by atoms with Crippen LogP contribution >= 0.6 is 0 Å². The first-order valence-corrected chi connectivity index (χ1v) is 2.51. The minimum atomic E-state index is 0.306. The van der Waals surface area contributed by atoms with Crippen LogP contribution in [0.25, 0.3) is 0 Å². The van der Waals surface area contributed by atoms with Gasteiger partial charge in [0.2, 0.25) is 0 Å². The van der Waals surface area contributed by atoms with E-state index in [1.807, 2.05) is 12.2 Å². The molecule has 39 valence electrons. The van der Waals surface area contributed by atoms with Crippen molar-refractivity contribution < 1.29 is 4.74 Å².